The Morgan fingerprint density at radius 3 is 2.37 bits per heavy atom. The molecule has 0 radical (unpaired) electrons. The average molecular weight is 479 g/mol. The van der Waals surface area contributed by atoms with Gasteiger partial charge in [-0.3, -0.25) is 4.79 Å². The number of carbonyl (C=O) groups excluding carboxylic acids is 1. The van der Waals surface area contributed by atoms with Gasteiger partial charge in [-0.2, -0.15) is 4.52 Å². The number of aromatic nitrogens is 4. The summed E-state index contributed by atoms with van der Waals surface area (Å²) >= 11 is 0. The van der Waals surface area contributed by atoms with Gasteiger partial charge in [0.2, 0.25) is 5.91 Å². The van der Waals surface area contributed by atoms with Crippen LogP contribution in [0.2, 0.25) is 0 Å². The topological polar surface area (TPSA) is 94.3 Å². The van der Waals surface area contributed by atoms with E-state index >= 15 is 0 Å². The highest BCUT2D eigenvalue weighted by molar-refractivity contribution is 5.79. The zero-order chi connectivity index (χ0) is 23.8. The molecule has 10 heteroatoms. The van der Waals surface area contributed by atoms with E-state index in [1.807, 2.05) is 41.3 Å². The molecule has 10 nitrogen and oxygen atoms in total. The predicted octanol–water partition coefficient (Wildman–Crippen LogP) is 2.38. The third kappa shape index (κ3) is 4.21. The molecule has 1 spiro atoms. The monoisotopic (exact) mass is 478 g/mol. The summed E-state index contributed by atoms with van der Waals surface area (Å²) in [5, 5.41) is 13.5. The van der Waals surface area contributed by atoms with E-state index in [-0.39, 0.29) is 11.8 Å². The molecule has 0 bridgehead atoms. The van der Waals surface area contributed by atoms with Crippen molar-refractivity contribution in [1.29, 1.82) is 0 Å². The zero-order valence-electron chi connectivity index (χ0n) is 19.9. The Bertz CT molecular complexity index is 1190. The number of anilines is 1. The molecule has 0 atom stereocenters. The summed E-state index contributed by atoms with van der Waals surface area (Å²) < 4.78 is 18.6. The first-order chi connectivity index (χ1) is 17.1. The fourth-order valence-corrected chi connectivity index (χ4v) is 5.34. The molecule has 0 unspecified atom stereocenters. The summed E-state index contributed by atoms with van der Waals surface area (Å²) in [5.41, 5.74) is 1.62. The molecule has 3 aromatic rings. The second kappa shape index (κ2) is 9.09. The molecule has 6 rings (SSSR count). The summed E-state index contributed by atoms with van der Waals surface area (Å²) in [6, 6.07) is 11.6. The van der Waals surface area contributed by atoms with Gasteiger partial charge in [0.15, 0.2) is 17.3 Å². The van der Waals surface area contributed by atoms with Crippen LogP contribution < -0.4 is 9.64 Å². The Morgan fingerprint density at radius 1 is 0.971 bits per heavy atom. The van der Waals surface area contributed by atoms with Gasteiger partial charge in [0.1, 0.15) is 11.6 Å². The summed E-state index contributed by atoms with van der Waals surface area (Å²) in [4.78, 5) is 17.4. The molecule has 2 aromatic heterocycles. The van der Waals surface area contributed by atoms with Gasteiger partial charge in [0, 0.05) is 50.5 Å². The standard InChI is InChI=1S/C25H30N6O4/c1-33-20-4-2-18(3-5-20)23-27-26-21-6-7-22(28-31(21)23)29-12-8-19(9-13-29)24(32)30-14-10-25(11-15-30)34-16-17-35-25/h2-7,19H,8-17H2,1H3. The number of benzene rings is 1. The number of carbonyl (C=O) groups is 1. The van der Waals surface area contributed by atoms with Crippen molar-refractivity contribution in [3.8, 4) is 17.1 Å². The number of amides is 1. The van der Waals surface area contributed by atoms with Gasteiger partial charge in [-0.25, -0.2) is 0 Å². The number of ether oxygens (including phenoxy) is 3. The Balaban J connectivity index is 1.11. The van der Waals surface area contributed by atoms with Crippen LogP contribution in [-0.2, 0) is 14.3 Å². The number of likely N-dealkylation sites (tertiary alicyclic amines) is 1. The molecule has 3 saturated heterocycles. The maximum Gasteiger partial charge on any atom is 0.225 e. The van der Waals surface area contributed by atoms with E-state index in [2.05, 4.69) is 15.1 Å². The molecule has 0 aliphatic carbocycles. The van der Waals surface area contributed by atoms with Crippen LogP contribution in [0.15, 0.2) is 36.4 Å². The van der Waals surface area contributed by atoms with Crippen molar-refractivity contribution in [2.45, 2.75) is 31.5 Å². The van der Waals surface area contributed by atoms with Crippen LogP contribution in [-0.4, -0.2) is 82.9 Å². The van der Waals surface area contributed by atoms with Gasteiger partial charge in [-0.1, -0.05) is 0 Å². The normalized spacial score (nSPS) is 20.6. The van der Waals surface area contributed by atoms with Crippen LogP contribution in [0.25, 0.3) is 17.0 Å². The second-order valence-electron chi connectivity index (χ2n) is 9.41. The van der Waals surface area contributed by atoms with Gasteiger partial charge < -0.3 is 24.0 Å². The molecule has 1 amide bonds. The lowest BCUT2D eigenvalue weighted by atomic mass is 9.93. The predicted molar refractivity (Wildman–Crippen MR) is 128 cm³/mol. The van der Waals surface area contributed by atoms with E-state index in [0.29, 0.717) is 37.8 Å². The SMILES string of the molecule is COc1ccc(-c2nnc3ccc(N4CCC(C(=O)N5CCC6(CC5)OCCO6)CC4)nn23)cc1. The zero-order valence-corrected chi connectivity index (χ0v) is 19.9. The van der Waals surface area contributed by atoms with Gasteiger partial charge in [0.05, 0.1) is 20.3 Å². The van der Waals surface area contributed by atoms with Gasteiger partial charge in [-0.05, 0) is 49.2 Å². The molecule has 35 heavy (non-hydrogen) atoms. The summed E-state index contributed by atoms with van der Waals surface area (Å²) in [7, 11) is 1.65. The Hall–Kier alpha value is -3.24. The largest absolute Gasteiger partial charge is 0.497 e. The van der Waals surface area contributed by atoms with E-state index in [0.717, 1.165) is 55.9 Å². The molecule has 1 aromatic carbocycles. The first-order valence-electron chi connectivity index (χ1n) is 12.3. The molecule has 0 N–H and O–H groups in total. The van der Waals surface area contributed by atoms with E-state index in [9.17, 15) is 4.79 Å². The van der Waals surface area contributed by atoms with Crippen LogP contribution in [0.1, 0.15) is 25.7 Å². The van der Waals surface area contributed by atoms with Crippen LogP contribution in [0.5, 0.6) is 5.75 Å². The number of fused-ring (bicyclic) bond motifs is 1. The fourth-order valence-electron chi connectivity index (χ4n) is 5.34. The number of rotatable bonds is 4. The Labute approximate surface area is 203 Å². The summed E-state index contributed by atoms with van der Waals surface area (Å²) in [6.07, 6.45) is 3.16. The van der Waals surface area contributed by atoms with Gasteiger partial charge >= 0.3 is 0 Å². The van der Waals surface area contributed by atoms with E-state index in [1.54, 1.807) is 11.6 Å². The maximum absolute atomic E-state index is 13.2. The van der Waals surface area contributed by atoms with Crippen molar-refractivity contribution in [3.63, 3.8) is 0 Å². The molecule has 0 saturated carbocycles. The lowest BCUT2D eigenvalue weighted by Crippen LogP contribution is -2.50. The highest BCUT2D eigenvalue weighted by atomic mass is 16.7. The van der Waals surface area contributed by atoms with E-state index < -0.39 is 5.79 Å². The molecular formula is C25H30N6O4. The number of nitrogens with zero attached hydrogens (tertiary/aromatic N) is 6. The molecule has 3 fully saturated rings. The van der Waals surface area contributed by atoms with Crippen molar-refractivity contribution in [1.82, 2.24) is 24.7 Å². The first kappa shape index (κ1) is 22.2. The van der Waals surface area contributed by atoms with Crippen molar-refractivity contribution in [2.75, 3.05) is 51.4 Å². The molecule has 3 aliphatic rings. The molecule has 5 heterocycles. The van der Waals surface area contributed by atoms with Gasteiger partial charge in [-0.15, -0.1) is 15.3 Å². The fraction of sp³-hybridized carbons (Fsp3) is 0.520. The number of piperidine rings is 2. The average Bonchev–Trinajstić information content (AvgIpc) is 3.56. The van der Waals surface area contributed by atoms with Crippen LogP contribution >= 0.6 is 0 Å². The van der Waals surface area contributed by atoms with Crippen LogP contribution in [0, 0.1) is 5.92 Å². The minimum Gasteiger partial charge on any atom is -0.497 e. The minimum atomic E-state index is -0.447. The molecule has 3 aliphatic heterocycles. The summed E-state index contributed by atoms with van der Waals surface area (Å²) in [5.74, 6) is 2.22. The second-order valence-corrected chi connectivity index (χ2v) is 9.41. The Morgan fingerprint density at radius 2 is 1.69 bits per heavy atom. The van der Waals surface area contributed by atoms with Gasteiger partial charge in [0.25, 0.3) is 0 Å². The van der Waals surface area contributed by atoms with Crippen molar-refractivity contribution in [3.05, 3.63) is 36.4 Å². The lowest BCUT2D eigenvalue weighted by molar-refractivity contribution is -0.188. The van der Waals surface area contributed by atoms with E-state index in [4.69, 9.17) is 19.3 Å². The molecule has 184 valence electrons. The highest BCUT2D eigenvalue weighted by Crippen LogP contribution is 2.33. The van der Waals surface area contributed by atoms with Crippen molar-refractivity contribution < 1.29 is 19.0 Å². The third-order valence-corrected chi connectivity index (χ3v) is 7.42. The first-order valence-corrected chi connectivity index (χ1v) is 12.3. The number of hydrogen-bond acceptors (Lipinski definition) is 8. The Kier molecular flexibility index (Phi) is 5.77. The maximum atomic E-state index is 13.2. The number of hydrogen-bond donors (Lipinski definition) is 0. The highest BCUT2D eigenvalue weighted by Gasteiger charge is 2.42. The van der Waals surface area contributed by atoms with E-state index in [1.165, 1.54) is 0 Å². The number of methoxy groups -OCH3 is 1. The third-order valence-electron chi connectivity index (χ3n) is 7.42. The smallest absolute Gasteiger partial charge is 0.225 e. The quantitative estimate of drug-likeness (QED) is 0.564. The minimum absolute atomic E-state index is 0.0548. The van der Waals surface area contributed by atoms with Crippen molar-refractivity contribution in [2.24, 2.45) is 5.92 Å². The van der Waals surface area contributed by atoms with Crippen LogP contribution in [0.4, 0.5) is 5.82 Å². The van der Waals surface area contributed by atoms with Crippen molar-refractivity contribution >= 4 is 17.4 Å². The summed E-state index contributed by atoms with van der Waals surface area (Å²) in [6.45, 7) is 4.31. The van der Waals surface area contributed by atoms with Crippen LogP contribution in [0.3, 0.4) is 0 Å². The lowest BCUT2D eigenvalue weighted by Gasteiger charge is -2.40. The molecular weight excluding hydrogens is 448 g/mol.